The predicted octanol–water partition coefficient (Wildman–Crippen LogP) is 1.63. The second kappa shape index (κ2) is 10.6. The first kappa shape index (κ1) is 22.3. The zero-order chi connectivity index (χ0) is 20.8. The number of hydrogen-bond donors (Lipinski definition) is 3. The normalized spacial score (nSPS) is 21.9. The largest absolute Gasteiger partial charge is 0.694 e. The summed E-state index contributed by atoms with van der Waals surface area (Å²) < 4.78 is 29.6. The molecule has 29 heavy (non-hydrogen) atoms. The Morgan fingerprint density at radius 3 is 3.07 bits per heavy atom. The maximum atomic E-state index is 11.0. The summed E-state index contributed by atoms with van der Waals surface area (Å²) in [7, 11) is 0.416. The average molecular weight is 458 g/mol. The Labute approximate surface area is 176 Å². The summed E-state index contributed by atoms with van der Waals surface area (Å²) >= 11 is 0. The van der Waals surface area contributed by atoms with Crippen molar-refractivity contribution in [2.24, 2.45) is 5.73 Å². The van der Waals surface area contributed by atoms with Crippen LogP contribution in [0.25, 0.3) is 11.0 Å². The lowest BCUT2D eigenvalue weighted by atomic mass is 10.2. The minimum absolute atomic E-state index is 0.0625. The van der Waals surface area contributed by atoms with E-state index in [1.807, 2.05) is 10.8 Å². The Balaban J connectivity index is 1.90. The monoisotopic (exact) mass is 458 g/mol. The van der Waals surface area contributed by atoms with Gasteiger partial charge in [0.25, 0.3) is 0 Å². The van der Waals surface area contributed by atoms with Crippen LogP contribution < -0.4 is 11.5 Å². The molecule has 4 atom stereocenters. The number of nitrogen functional groups attached to an aromatic ring is 1. The van der Waals surface area contributed by atoms with Crippen molar-refractivity contribution in [3.63, 3.8) is 0 Å². The molecular formula is C16H21N5O5PS2+. The van der Waals surface area contributed by atoms with Crippen LogP contribution in [0.15, 0.2) is 12.5 Å². The van der Waals surface area contributed by atoms with Gasteiger partial charge in [0.15, 0.2) is 0 Å². The molecule has 1 unspecified atom stereocenters. The van der Waals surface area contributed by atoms with Crippen molar-refractivity contribution in [3.05, 3.63) is 18.1 Å². The van der Waals surface area contributed by atoms with E-state index in [1.165, 1.54) is 6.33 Å². The quantitative estimate of drug-likeness (QED) is 0.174. The van der Waals surface area contributed by atoms with Gasteiger partial charge >= 0.3 is 8.25 Å². The highest BCUT2D eigenvalue weighted by Crippen LogP contribution is 2.36. The van der Waals surface area contributed by atoms with Crippen LogP contribution in [-0.4, -0.2) is 57.0 Å². The summed E-state index contributed by atoms with van der Waals surface area (Å²) in [6.07, 6.45) is 4.38. The molecule has 0 amide bonds. The van der Waals surface area contributed by atoms with E-state index in [0.29, 0.717) is 34.8 Å². The first-order chi connectivity index (χ1) is 14.0. The van der Waals surface area contributed by atoms with Crippen molar-refractivity contribution >= 4 is 46.7 Å². The number of nitrogens with zero attached hydrogens (tertiary/aromatic N) is 3. The third-order valence-electron chi connectivity index (χ3n) is 4.25. The van der Waals surface area contributed by atoms with Gasteiger partial charge in [-0.05, 0) is 6.26 Å². The van der Waals surface area contributed by atoms with Gasteiger partial charge in [0.1, 0.15) is 42.7 Å². The number of hydrogen-bond acceptors (Lipinski definition) is 10. The molecule has 13 heteroatoms. The molecule has 1 aliphatic heterocycles. The van der Waals surface area contributed by atoms with Crippen molar-refractivity contribution < 1.29 is 23.5 Å². The molecule has 3 heterocycles. The number of ether oxygens (including phenoxy) is 2. The molecule has 1 saturated heterocycles. The van der Waals surface area contributed by atoms with Crippen LogP contribution in [0.5, 0.6) is 0 Å². The average Bonchev–Trinajstić information content (AvgIpc) is 3.27. The maximum absolute atomic E-state index is 11.0. The summed E-state index contributed by atoms with van der Waals surface area (Å²) in [6.45, 7) is 0.148. The SMILES string of the molecule is CSSCO[C@H]1C[C@H](n2cc(C#CCN)c3c(N)ncnc32)O[C@@H]1CO[P+](=O)O. The van der Waals surface area contributed by atoms with Gasteiger partial charge in [-0.1, -0.05) is 33.4 Å². The molecule has 3 rings (SSSR count). The maximum Gasteiger partial charge on any atom is 0.694 e. The van der Waals surface area contributed by atoms with Crippen LogP contribution >= 0.6 is 29.8 Å². The fourth-order valence-electron chi connectivity index (χ4n) is 3.07. The molecule has 2 aromatic heterocycles. The number of nitrogens with two attached hydrogens (primary N) is 2. The van der Waals surface area contributed by atoms with Crippen molar-refractivity contribution in [1.82, 2.24) is 14.5 Å². The van der Waals surface area contributed by atoms with Gasteiger partial charge in [-0.15, -0.1) is 9.42 Å². The highest BCUT2D eigenvalue weighted by atomic mass is 33.1. The number of fused-ring (bicyclic) bond motifs is 1. The van der Waals surface area contributed by atoms with E-state index < -0.39 is 20.6 Å². The summed E-state index contributed by atoms with van der Waals surface area (Å²) in [5.41, 5.74) is 12.8. The van der Waals surface area contributed by atoms with Crippen LogP contribution in [0.4, 0.5) is 5.82 Å². The summed E-state index contributed by atoms with van der Waals surface area (Å²) in [5, 5.41) is 0.630. The molecule has 0 spiro atoms. The molecule has 0 radical (unpaired) electrons. The third kappa shape index (κ3) is 5.39. The van der Waals surface area contributed by atoms with Crippen molar-refractivity contribution in [3.8, 4) is 11.8 Å². The van der Waals surface area contributed by atoms with Crippen molar-refractivity contribution in [2.75, 3.05) is 31.1 Å². The molecule has 2 aromatic rings. The van der Waals surface area contributed by atoms with Crippen molar-refractivity contribution in [1.29, 1.82) is 0 Å². The van der Waals surface area contributed by atoms with Crippen LogP contribution in [-0.2, 0) is 18.6 Å². The molecule has 156 valence electrons. The summed E-state index contributed by atoms with van der Waals surface area (Å²) in [5.74, 6) is 6.58. The first-order valence-electron chi connectivity index (χ1n) is 8.56. The topological polar surface area (TPSA) is 148 Å². The molecule has 10 nitrogen and oxygen atoms in total. The highest BCUT2D eigenvalue weighted by molar-refractivity contribution is 8.76. The lowest BCUT2D eigenvalue weighted by Gasteiger charge is -2.15. The van der Waals surface area contributed by atoms with E-state index in [2.05, 4.69) is 21.8 Å². The number of aromatic nitrogens is 3. The van der Waals surface area contributed by atoms with Crippen LogP contribution in [0.3, 0.4) is 0 Å². The van der Waals surface area contributed by atoms with E-state index in [9.17, 15) is 4.57 Å². The van der Waals surface area contributed by atoms with Crippen LogP contribution in [0, 0.1) is 11.8 Å². The van der Waals surface area contributed by atoms with Crippen LogP contribution in [0.2, 0.25) is 0 Å². The van der Waals surface area contributed by atoms with Gasteiger partial charge in [0, 0.05) is 17.2 Å². The van der Waals surface area contributed by atoms with Gasteiger partial charge in [-0.3, -0.25) is 0 Å². The standard InChI is InChI=1S/C16H20N5O5PS2/c1-28-29-9-24-11-5-13(26-12(11)7-25-27(22)23)21-6-10(3-2-4-17)14-15(18)19-8-20-16(14)21/h6,8,11-13H,4-5,7,9,17H2,1H3,(H2-,18,19,20,22,23)/p+1/t11-,12+,13+/m0/s1. The van der Waals surface area contributed by atoms with Crippen LogP contribution in [0.1, 0.15) is 18.2 Å². The van der Waals surface area contributed by atoms with E-state index in [4.69, 9.17) is 30.4 Å². The Morgan fingerprint density at radius 2 is 2.34 bits per heavy atom. The van der Waals surface area contributed by atoms with E-state index >= 15 is 0 Å². The second-order valence-corrected chi connectivity index (χ2v) is 9.17. The Hall–Kier alpha value is -1.42. The zero-order valence-electron chi connectivity index (χ0n) is 15.6. The smallest absolute Gasteiger partial charge is 0.383 e. The Bertz CT molecular complexity index is 934. The summed E-state index contributed by atoms with van der Waals surface area (Å²) in [4.78, 5) is 17.4. The first-order valence-corrected chi connectivity index (χ1v) is 12.4. The van der Waals surface area contributed by atoms with Crippen molar-refractivity contribution in [2.45, 2.75) is 24.9 Å². The lowest BCUT2D eigenvalue weighted by molar-refractivity contribution is -0.0485. The number of anilines is 1. The third-order valence-corrected chi connectivity index (χ3v) is 6.09. The molecule has 0 aromatic carbocycles. The van der Waals surface area contributed by atoms with Gasteiger partial charge in [-0.2, -0.15) is 0 Å². The van der Waals surface area contributed by atoms with Gasteiger partial charge in [0.2, 0.25) is 0 Å². The minimum atomic E-state index is -2.72. The predicted molar refractivity (Wildman–Crippen MR) is 113 cm³/mol. The number of rotatable bonds is 8. The van der Waals surface area contributed by atoms with Gasteiger partial charge < -0.3 is 25.5 Å². The molecule has 5 N–H and O–H groups in total. The molecule has 0 saturated carbocycles. The Morgan fingerprint density at radius 1 is 1.52 bits per heavy atom. The van der Waals surface area contributed by atoms with Gasteiger partial charge in [0.05, 0.1) is 23.6 Å². The molecule has 1 aliphatic rings. The molecule has 1 fully saturated rings. The van der Waals surface area contributed by atoms with E-state index in [-0.39, 0.29) is 19.3 Å². The molecule has 0 aliphatic carbocycles. The van der Waals surface area contributed by atoms with Gasteiger partial charge in [-0.25, -0.2) is 9.97 Å². The zero-order valence-corrected chi connectivity index (χ0v) is 18.1. The summed E-state index contributed by atoms with van der Waals surface area (Å²) in [6, 6.07) is 0. The molecule has 0 bridgehead atoms. The fourth-order valence-corrected chi connectivity index (χ4v) is 4.12. The van der Waals surface area contributed by atoms with E-state index in [1.54, 1.807) is 27.8 Å². The second-order valence-electron chi connectivity index (χ2n) is 5.92. The lowest BCUT2D eigenvalue weighted by Crippen LogP contribution is -2.28. The highest BCUT2D eigenvalue weighted by Gasteiger charge is 2.40. The minimum Gasteiger partial charge on any atom is -0.383 e. The van der Waals surface area contributed by atoms with E-state index in [0.717, 1.165) is 0 Å². The molecular weight excluding hydrogens is 437 g/mol. The Kier molecular flexibility index (Phi) is 8.11. The fraction of sp³-hybridized carbons (Fsp3) is 0.500.